The van der Waals surface area contributed by atoms with Crippen LogP contribution in [0.5, 0.6) is 5.75 Å². The lowest BCUT2D eigenvalue weighted by molar-refractivity contribution is -0.132. The number of H-pyrrole nitrogens is 1. The number of anilines is 1. The number of hydrogen-bond donors (Lipinski definition) is 2. The highest BCUT2D eigenvalue weighted by molar-refractivity contribution is 6.51. The van der Waals surface area contributed by atoms with Gasteiger partial charge in [-0.3, -0.25) is 14.5 Å². The Morgan fingerprint density at radius 3 is 2.53 bits per heavy atom. The first kappa shape index (κ1) is 21.5. The Kier molecular flexibility index (Phi) is 5.42. The number of aliphatic hydroxyl groups is 1. The number of hydrogen-bond acceptors (Lipinski definition) is 4. The number of rotatable bonds is 5. The van der Waals surface area contributed by atoms with Crippen molar-refractivity contribution in [2.24, 2.45) is 0 Å². The van der Waals surface area contributed by atoms with Gasteiger partial charge in [0.15, 0.2) is 0 Å². The maximum atomic E-state index is 13.4. The van der Waals surface area contributed by atoms with Gasteiger partial charge in [-0.05, 0) is 49.7 Å². The number of ketones is 1. The van der Waals surface area contributed by atoms with Crippen molar-refractivity contribution >= 4 is 34.0 Å². The standard InChI is InChI=1S/C28H24N2O4/c1-3-34-20-13-11-19(12-14-20)30-25(18-8-6-7-17(2)15-18)24(27(32)28(30)33)26(31)22-16-29-23-10-5-4-9-21(22)23/h4-16,25,29,31H,3H2,1-2H3/b26-24-. The molecule has 34 heavy (non-hydrogen) atoms. The molecular formula is C28H24N2O4. The Bertz CT molecular complexity index is 1430. The van der Waals surface area contributed by atoms with Gasteiger partial charge in [0.25, 0.3) is 11.7 Å². The van der Waals surface area contributed by atoms with E-state index in [1.165, 1.54) is 4.90 Å². The van der Waals surface area contributed by atoms with Crippen LogP contribution < -0.4 is 9.64 Å². The highest BCUT2D eigenvalue weighted by Crippen LogP contribution is 2.43. The van der Waals surface area contributed by atoms with Gasteiger partial charge in [0.1, 0.15) is 11.5 Å². The molecule has 1 aliphatic heterocycles. The Morgan fingerprint density at radius 2 is 1.79 bits per heavy atom. The number of fused-ring (bicyclic) bond motifs is 1. The number of carbonyl (C=O) groups excluding carboxylic acids is 2. The topological polar surface area (TPSA) is 82.6 Å². The van der Waals surface area contributed by atoms with Crippen LogP contribution in [-0.4, -0.2) is 28.4 Å². The molecule has 170 valence electrons. The third-order valence-corrected chi connectivity index (χ3v) is 6.07. The van der Waals surface area contributed by atoms with Gasteiger partial charge >= 0.3 is 0 Å². The summed E-state index contributed by atoms with van der Waals surface area (Å²) in [6.07, 6.45) is 1.66. The predicted molar refractivity (Wildman–Crippen MR) is 132 cm³/mol. The van der Waals surface area contributed by atoms with Gasteiger partial charge in [-0.2, -0.15) is 0 Å². The smallest absolute Gasteiger partial charge is 0.300 e. The minimum atomic E-state index is -0.772. The molecule has 2 heterocycles. The number of aromatic amines is 1. The van der Waals surface area contributed by atoms with Crippen molar-refractivity contribution in [3.63, 3.8) is 0 Å². The van der Waals surface area contributed by atoms with Crippen LogP contribution in [0.4, 0.5) is 5.69 Å². The summed E-state index contributed by atoms with van der Waals surface area (Å²) >= 11 is 0. The van der Waals surface area contributed by atoms with E-state index in [2.05, 4.69) is 4.98 Å². The SMILES string of the molecule is CCOc1ccc(N2C(=O)C(=O)/C(=C(\O)c3c[nH]c4ccccc34)C2c2cccc(C)c2)cc1. The molecule has 1 atom stereocenters. The van der Waals surface area contributed by atoms with Crippen LogP contribution in [0.1, 0.15) is 29.7 Å². The third kappa shape index (κ3) is 3.53. The summed E-state index contributed by atoms with van der Waals surface area (Å²) in [5, 5.41) is 12.2. The second-order valence-corrected chi connectivity index (χ2v) is 8.26. The van der Waals surface area contributed by atoms with Crippen LogP contribution in [0.15, 0.2) is 84.6 Å². The lowest BCUT2D eigenvalue weighted by Gasteiger charge is -2.26. The number of aryl methyl sites for hydroxylation is 1. The van der Waals surface area contributed by atoms with Crippen LogP contribution in [-0.2, 0) is 9.59 Å². The van der Waals surface area contributed by atoms with Crippen LogP contribution in [0.2, 0.25) is 0 Å². The van der Waals surface area contributed by atoms with Gasteiger partial charge in [0, 0.05) is 28.4 Å². The van der Waals surface area contributed by atoms with Crippen molar-refractivity contribution in [2.45, 2.75) is 19.9 Å². The lowest BCUT2D eigenvalue weighted by Crippen LogP contribution is -2.29. The number of nitrogens with zero attached hydrogens (tertiary/aromatic N) is 1. The van der Waals surface area contributed by atoms with E-state index in [0.717, 1.165) is 22.0 Å². The minimum Gasteiger partial charge on any atom is -0.507 e. The van der Waals surface area contributed by atoms with Gasteiger partial charge in [0.2, 0.25) is 0 Å². The number of aromatic nitrogens is 1. The predicted octanol–water partition coefficient (Wildman–Crippen LogP) is 5.50. The number of amides is 1. The number of Topliss-reactive ketones (excluding diaryl/α,β-unsaturated/α-hetero) is 1. The zero-order valence-electron chi connectivity index (χ0n) is 18.9. The summed E-state index contributed by atoms with van der Waals surface area (Å²) < 4.78 is 5.52. The van der Waals surface area contributed by atoms with Gasteiger partial charge in [-0.25, -0.2) is 0 Å². The highest BCUT2D eigenvalue weighted by atomic mass is 16.5. The van der Waals surface area contributed by atoms with Crippen molar-refractivity contribution in [3.05, 3.63) is 101 Å². The largest absolute Gasteiger partial charge is 0.507 e. The fourth-order valence-corrected chi connectivity index (χ4v) is 4.54. The van der Waals surface area contributed by atoms with Crippen LogP contribution >= 0.6 is 0 Å². The molecule has 2 N–H and O–H groups in total. The number of nitrogens with one attached hydrogen (secondary N) is 1. The summed E-state index contributed by atoms with van der Waals surface area (Å²) in [6.45, 7) is 4.37. The normalized spacial score (nSPS) is 17.5. The van der Waals surface area contributed by atoms with E-state index in [1.54, 1.807) is 30.5 Å². The molecule has 1 aromatic heterocycles. The van der Waals surface area contributed by atoms with E-state index in [9.17, 15) is 14.7 Å². The van der Waals surface area contributed by atoms with Crippen molar-refractivity contribution in [3.8, 4) is 5.75 Å². The van der Waals surface area contributed by atoms with E-state index in [4.69, 9.17) is 4.74 Å². The second kappa shape index (κ2) is 8.56. The first-order valence-electron chi connectivity index (χ1n) is 11.2. The van der Waals surface area contributed by atoms with E-state index in [0.29, 0.717) is 23.6 Å². The zero-order chi connectivity index (χ0) is 23.8. The first-order valence-corrected chi connectivity index (χ1v) is 11.2. The maximum Gasteiger partial charge on any atom is 0.300 e. The fraction of sp³-hybridized carbons (Fsp3) is 0.143. The number of ether oxygens (including phenoxy) is 1. The number of carbonyl (C=O) groups is 2. The second-order valence-electron chi connectivity index (χ2n) is 8.26. The first-order chi connectivity index (χ1) is 16.5. The van der Waals surface area contributed by atoms with Crippen LogP contribution in [0.25, 0.3) is 16.7 Å². The summed E-state index contributed by atoms with van der Waals surface area (Å²) in [4.78, 5) is 31.3. The molecule has 1 aliphatic rings. The van der Waals surface area contributed by atoms with Crippen molar-refractivity contribution < 1.29 is 19.4 Å². The van der Waals surface area contributed by atoms with E-state index >= 15 is 0 Å². The monoisotopic (exact) mass is 452 g/mol. The highest BCUT2D eigenvalue weighted by Gasteiger charge is 2.47. The molecule has 0 bridgehead atoms. The molecule has 1 unspecified atom stereocenters. The molecule has 3 aromatic carbocycles. The van der Waals surface area contributed by atoms with Crippen LogP contribution in [0, 0.1) is 6.92 Å². The van der Waals surface area contributed by atoms with Gasteiger partial charge in [-0.1, -0.05) is 48.0 Å². The average molecular weight is 453 g/mol. The van der Waals surface area contributed by atoms with E-state index < -0.39 is 17.7 Å². The third-order valence-electron chi connectivity index (χ3n) is 6.07. The maximum absolute atomic E-state index is 13.4. The van der Waals surface area contributed by atoms with Crippen LogP contribution in [0.3, 0.4) is 0 Å². The molecule has 0 radical (unpaired) electrons. The van der Waals surface area contributed by atoms with Crippen molar-refractivity contribution in [2.75, 3.05) is 11.5 Å². The lowest BCUT2D eigenvalue weighted by atomic mass is 9.94. The number of benzene rings is 3. The summed E-state index contributed by atoms with van der Waals surface area (Å²) in [5.74, 6) is -0.926. The molecule has 1 saturated heterocycles. The summed E-state index contributed by atoms with van der Waals surface area (Å²) in [5.41, 5.74) is 3.66. The molecule has 0 aliphatic carbocycles. The Balaban J connectivity index is 1.71. The van der Waals surface area contributed by atoms with Gasteiger partial charge < -0.3 is 14.8 Å². The van der Waals surface area contributed by atoms with Gasteiger partial charge in [0.05, 0.1) is 18.2 Å². The number of para-hydroxylation sites is 1. The molecule has 6 nitrogen and oxygen atoms in total. The summed E-state index contributed by atoms with van der Waals surface area (Å²) in [7, 11) is 0. The quantitative estimate of drug-likeness (QED) is 0.238. The molecule has 1 fully saturated rings. The zero-order valence-corrected chi connectivity index (χ0v) is 18.9. The molecule has 0 saturated carbocycles. The molecule has 6 heteroatoms. The molecule has 4 aromatic rings. The molecule has 1 amide bonds. The average Bonchev–Trinajstić information content (AvgIpc) is 3.39. The summed E-state index contributed by atoms with van der Waals surface area (Å²) in [6, 6.07) is 21.4. The fourth-order valence-electron chi connectivity index (χ4n) is 4.54. The Labute approximate surface area is 197 Å². The van der Waals surface area contributed by atoms with E-state index in [1.807, 2.05) is 62.4 Å². The Morgan fingerprint density at radius 1 is 1.03 bits per heavy atom. The molecular weight excluding hydrogens is 428 g/mol. The molecule has 5 rings (SSSR count). The van der Waals surface area contributed by atoms with Crippen molar-refractivity contribution in [1.82, 2.24) is 4.98 Å². The van der Waals surface area contributed by atoms with Crippen molar-refractivity contribution in [1.29, 1.82) is 0 Å². The molecule has 0 spiro atoms. The Hall–Kier alpha value is -4.32. The number of aliphatic hydroxyl groups excluding tert-OH is 1. The van der Waals surface area contributed by atoms with E-state index in [-0.39, 0.29) is 11.3 Å². The minimum absolute atomic E-state index is 0.0641. The van der Waals surface area contributed by atoms with Gasteiger partial charge in [-0.15, -0.1) is 0 Å².